The Morgan fingerprint density at radius 2 is 1.78 bits per heavy atom. The van der Waals surface area contributed by atoms with Gasteiger partial charge in [0.1, 0.15) is 5.01 Å². The molecule has 3 rings (SSSR count). The highest BCUT2D eigenvalue weighted by molar-refractivity contribution is 7.13. The zero-order valence-electron chi connectivity index (χ0n) is 13.7. The van der Waals surface area contributed by atoms with Crippen LogP contribution in [0.2, 0.25) is 0 Å². The van der Waals surface area contributed by atoms with E-state index in [4.69, 9.17) is 14.5 Å². The van der Waals surface area contributed by atoms with Crippen LogP contribution in [0.15, 0.2) is 41.8 Å². The van der Waals surface area contributed by atoms with Crippen molar-refractivity contribution in [3.8, 4) is 33.3 Å². The second-order valence-corrected chi connectivity index (χ2v) is 6.24. The molecular formula is C19H19NO2S. The van der Waals surface area contributed by atoms with E-state index in [1.807, 2.05) is 18.2 Å². The predicted molar refractivity (Wildman–Crippen MR) is 95.6 cm³/mol. The zero-order chi connectivity index (χ0) is 16.4. The van der Waals surface area contributed by atoms with Crippen molar-refractivity contribution in [3.63, 3.8) is 0 Å². The Hall–Kier alpha value is -2.33. The second kappa shape index (κ2) is 6.42. The summed E-state index contributed by atoms with van der Waals surface area (Å²) in [6.45, 7) is 4.24. The average molecular weight is 325 g/mol. The molecule has 0 aliphatic rings. The summed E-state index contributed by atoms with van der Waals surface area (Å²) >= 11 is 1.61. The number of thiazole rings is 1. The minimum Gasteiger partial charge on any atom is -0.493 e. The molecule has 0 saturated heterocycles. The molecule has 2 aromatic carbocycles. The topological polar surface area (TPSA) is 31.4 Å². The first-order valence-electron chi connectivity index (χ1n) is 7.38. The number of hydrogen-bond donors (Lipinski definition) is 0. The Kier molecular flexibility index (Phi) is 4.35. The van der Waals surface area contributed by atoms with Gasteiger partial charge in [0.2, 0.25) is 0 Å². The Labute approximate surface area is 140 Å². The number of hydrogen-bond acceptors (Lipinski definition) is 4. The van der Waals surface area contributed by atoms with E-state index < -0.39 is 0 Å². The molecule has 0 aliphatic carbocycles. The number of rotatable bonds is 4. The van der Waals surface area contributed by atoms with E-state index in [9.17, 15) is 0 Å². The van der Waals surface area contributed by atoms with Gasteiger partial charge in [-0.05, 0) is 43.2 Å². The standard InChI is InChI=1S/C19H19NO2S/c1-12-8-9-14(10-13(12)2)16-11-23-19(20-16)15-6-5-7-17(21-3)18(15)22-4/h5-11H,1-4H3. The second-order valence-electron chi connectivity index (χ2n) is 5.38. The fourth-order valence-electron chi connectivity index (χ4n) is 2.49. The summed E-state index contributed by atoms with van der Waals surface area (Å²) in [7, 11) is 3.29. The maximum absolute atomic E-state index is 5.51. The lowest BCUT2D eigenvalue weighted by atomic mass is 10.1. The molecule has 118 valence electrons. The molecule has 0 spiro atoms. The van der Waals surface area contributed by atoms with Gasteiger partial charge >= 0.3 is 0 Å². The Balaban J connectivity index is 2.04. The number of ether oxygens (including phenoxy) is 2. The van der Waals surface area contributed by atoms with Gasteiger partial charge in [-0.25, -0.2) is 4.98 Å². The third kappa shape index (κ3) is 2.94. The SMILES string of the molecule is COc1cccc(-c2nc(-c3ccc(C)c(C)c3)cs2)c1OC. The van der Waals surface area contributed by atoms with Crippen LogP contribution in [0.25, 0.3) is 21.8 Å². The van der Waals surface area contributed by atoms with Gasteiger partial charge in [-0.2, -0.15) is 0 Å². The summed E-state index contributed by atoms with van der Waals surface area (Å²) in [5.74, 6) is 1.43. The molecule has 0 N–H and O–H groups in total. The largest absolute Gasteiger partial charge is 0.493 e. The van der Waals surface area contributed by atoms with Crippen LogP contribution in [-0.4, -0.2) is 19.2 Å². The third-order valence-corrected chi connectivity index (χ3v) is 4.82. The molecule has 1 heterocycles. The van der Waals surface area contributed by atoms with Crippen molar-refractivity contribution < 1.29 is 9.47 Å². The van der Waals surface area contributed by atoms with Gasteiger partial charge in [0.25, 0.3) is 0 Å². The number of methoxy groups -OCH3 is 2. The highest BCUT2D eigenvalue weighted by atomic mass is 32.1. The molecule has 4 heteroatoms. The van der Waals surface area contributed by atoms with Gasteiger partial charge in [0.05, 0.1) is 25.5 Å². The minimum absolute atomic E-state index is 0.716. The van der Waals surface area contributed by atoms with E-state index in [2.05, 4.69) is 37.4 Å². The molecule has 0 atom stereocenters. The van der Waals surface area contributed by atoms with Crippen LogP contribution in [0.4, 0.5) is 0 Å². The molecule has 0 aliphatic heterocycles. The van der Waals surface area contributed by atoms with Gasteiger partial charge in [-0.3, -0.25) is 0 Å². The molecule has 1 aromatic heterocycles. The first-order chi connectivity index (χ1) is 11.1. The van der Waals surface area contributed by atoms with Crippen LogP contribution < -0.4 is 9.47 Å². The van der Waals surface area contributed by atoms with Crippen molar-refractivity contribution in [3.05, 3.63) is 52.9 Å². The maximum Gasteiger partial charge on any atom is 0.170 e. The molecule has 0 radical (unpaired) electrons. The van der Waals surface area contributed by atoms with Crippen LogP contribution in [0.3, 0.4) is 0 Å². The van der Waals surface area contributed by atoms with E-state index in [0.29, 0.717) is 5.75 Å². The zero-order valence-corrected chi connectivity index (χ0v) is 14.5. The predicted octanol–water partition coefficient (Wildman–Crippen LogP) is 5.11. The first-order valence-corrected chi connectivity index (χ1v) is 8.26. The van der Waals surface area contributed by atoms with E-state index in [1.165, 1.54) is 11.1 Å². The normalized spacial score (nSPS) is 10.6. The van der Waals surface area contributed by atoms with E-state index in [-0.39, 0.29) is 0 Å². The number of aromatic nitrogens is 1. The highest BCUT2D eigenvalue weighted by Gasteiger charge is 2.15. The summed E-state index contributed by atoms with van der Waals surface area (Å²) in [6.07, 6.45) is 0. The molecule has 0 bridgehead atoms. The summed E-state index contributed by atoms with van der Waals surface area (Å²) < 4.78 is 10.9. The molecule has 0 fully saturated rings. The third-order valence-electron chi connectivity index (χ3n) is 3.94. The lowest BCUT2D eigenvalue weighted by molar-refractivity contribution is 0.356. The van der Waals surface area contributed by atoms with Gasteiger partial charge in [0.15, 0.2) is 11.5 Å². The van der Waals surface area contributed by atoms with Gasteiger partial charge in [-0.1, -0.05) is 18.2 Å². The number of benzene rings is 2. The molecule has 0 amide bonds. The smallest absolute Gasteiger partial charge is 0.170 e. The summed E-state index contributed by atoms with van der Waals surface area (Å²) in [5.41, 5.74) is 5.64. The molecular weight excluding hydrogens is 306 g/mol. The average Bonchev–Trinajstić information content (AvgIpc) is 3.06. The maximum atomic E-state index is 5.51. The van der Waals surface area contributed by atoms with Crippen LogP contribution in [0.1, 0.15) is 11.1 Å². The van der Waals surface area contributed by atoms with Crippen molar-refractivity contribution in [2.75, 3.05) is 14.2 Å². The lowest BCUT2D eigenvalue weighted by Gasteiger charge is -2.10. The number of nitrogens with zero attached hydrogens (tertiary/aromatic N) is 1. The molecule has 3 nitrogen and oxygen atoms in total. The van der Waals surface area contributed by atoms with Crippen LogP contribution >= 0.6 is 11.3 Å². The van der Waals surface area contributed by atoms with Crippen molar-refractivity contribution in [2.24, 2.45) is 0 Å². The highest BCUT2D eigenvalue weighted by Crippen LogP contribution is 2.40. The van der Waals surface area contributed by atoms with Crippen molar-refractivity contribution in [1.29, 1.82) is 0 Å². The summed E-state index contributed by atoms with van der Waals surface area (Å²) in [5, 5.41) is 3.01. The van der Waals surface area contributed by atoms with Crippen LogP contribution in [0.5, 0.6) is 11.5 Å². The molecule has 0 unspecified atom stereocenters. The Morgan fingerprint density at radius 1 is 0.957 bits per heavy atom. The summed E-state index contributed by atoms with van der Waals surface area (Å²) in [6, 6.07) is 12.3. The van der Waals surface area contributed by atoms with Crippen molar-refractivity contribution in [2.45, 2.75) is 13.8 Å². The van der Waals surface area contributed by atoms with E-state index >= 15 is 0 Å². The van der Waals surface area contributed by atoms with E-state index in [0.717, 1.165) is 27.6 Å². The van der Waals surface area contributed by atoms with Crippen molar-refractivity contribution >= 4 is 11.3 Å². The number of aryl methyl sites for hydroxylation is 2. The van der Waals surface area contributed by atoms with E-state index in [1.54, 1.807) is 25.6 Å². The Morgan fingerprint density at radius 3 is 2.48 bits per heavy atom. The monoisotopic (exact) mass is 325 g/mol. The minimum atomic E-state index is 0.716. The van der Waals surface area contributed by atoms with Gasteiger partial charge in [0, 0.05) is 10.9 Å². The fourth-order valence-corrected chi connectivity index (χ4v) is 3.34. The molecule has 23 heavy (non-hydrogen) atoms. The Bertz CT molecular complexity index is 839. The lowest BCUT2D eigenvalue weighted by Crippen LogP contribution is -1.93. The fraction of sp³-hybridized carbons (Fsp3) is 0.211. The van der Waals surface area contributed by atoms with Gasteiger partial charge < -0.3 is 9.47 Å². The van der Waals surface area contributed by atoms with Crippen molar-refractivity contribution in [1.82, 2.24) is 4.98 Å². The number of para-hydroxylation sites is 1. The molecule has 0 saturated carbocycles. The quantitative estimate of drug-likeness (QED) is 0.668. The molecule has 3 aromatic rings. The van der Waals surface area contributed by atoms with Gasteiger partial charge in [-0.15, -0.1) is 11.3 Å². The van der Waals surface area contributed by atoms with Crippen LogP contribution in [0, 0.1) is 13.8 Å². The van der Waals surface area contributed by atoms with Crippen LogP contribution in [-0.2, 0) is 0 Å². The summed E-state index contributed by atoms with van der Waals surface area (Å²) in [4.78, 5) is 4.79. The first kappa shape index (κ1) is 15.6.